The van der Waals surface area contributed by atoms with Crippen molar-refractivity contribution in [3.05, 3.63) is 82.7 Å². The van der Waals surface area contributed by atoms with Crippen LogP contribution in [-0.4, -0.2) is 0 Å². The summed E-state index contributed by atoms with van der Waals surface area (Å²) in [6.07, 6.45) is 0.971. The summed E-state index contributed by atoms with van der Waals surface area (Å²) in [6, 6.07) is 8.32. The third kappa shape index (κ3) is 3.59. The van der Waals surface area contributed by atoms with Gasteiger partial charge in [-0.3, -0.25) is 0 Å². The summed E-state index contributed by atoms with van der Waals surface area (Å²) in [5, 5.41) is 0. The summed E-state index contributed by atoms with van der Waals surface area (Å²) in [6.45, 7) is 3.38. The van der Waals surface area contributed by atoms with Gasteiger partial charge in [-0.2, -0.15) is 0 Å². The lowest BCUT2D eigenvalue weighted by atomic mass is 9.96. The predicted octanol–water partition coefficient (Wildman–Crippen LogP) is 6.98. The fraction of sp³-hybridized carbons (Fsp3) is 0.182. The monoisotopic (exact) mass is 376 g/mol. The van der Waals surface area contributed by atoms with E-state index in [1.165, 1.54) is 24.3 Å². The molecule has 0 unspecified atom stereocenters. The topological polar surface area (TPSA) is 0 Å². The minimum absolute atomic E-state index is 0.154. The molecule has 140 valence electrons. The number of rotatable bonds is 4. The number of benzene rings is 3. The molecule has 27 heavy (non-hydrogen) atoms. The Balaban J connectivity index is 2.10. The van der Waals surface area contributed by atoms with Gasteiger partial charge in [0.1, 0.15) is 17.5 Å². The fourth-order valence-corrected chi connectivity index (χ4v) is 3.00. The Hall–Kier alpha value is -2.69. The maximum atomic E-state index is 14.6. The van der Waals surface area contributed by atoms with Crippen LogP contribution >= 0.6 is 0 Å². The van der Waals surface area contributed by atoms with Gasteiger partial charge < -0.3 is 0 Å². The van der Waals surface area contributed by atoms with Crippen LogP contribution in [-0.2, 0) is 6.42 Å². The number of hydrogen-bond donors (Lipinski definition) is 0. The molecule has 0 radical (unpaired) electrons. The first kappa shape index (κ1) is 19.1. The standard InChI is InChI=1S/C22H17F5/c1-3-4-14-10-20(25)17(11-19(14)24)16-8-7-15(21(26)22(16)27)13-6-5-12(2)18(23)9-13/h5-11H,3-4H2,1-2H3. The van der Waals surface area contributed by atoms with Crippen LogP contribution < -0.4 is 0 Å². The van der Waals surface area contributed by atoms with E-state index in [2.05, 4.69) is 0 Å². The Morgan fingerprint density at radius 2 is 1.33 bits per heavy atom. The smallest absolute Gasteiger partial charge is 0.167 e. The third-order valence-corrected chi connectivity index (χ3v) is 4.51. The fourth-order valence-electron chi connectivity index (χ4n) is 3.00. The Morgan fingerprint density at radius 3 is 2.00 bits per heavy atom. The van der Waals surface area contributed by atoms with Crippen LogP contribution in [0.25, 0.3) is 22.3 Å². The molecule has 3 rings (SSSR count). The molecule has 0 heterocycles. The lowest BCUT2D eigenvalue weighted by molar-refractivity contribution is 0.512. The average molecular weight is 376 g/mol. The van der Waals surface area contributed by atoms with Gasteiger partial charge in [-0.1, -0.05) is 37.6 Å². The lowest BCUT2D eigenvalue weighted by Crippen LogP contribution is -1.99. The molecule has 0 fully saturated rings. The molecule has 3 aromatic rings. The molecule has 0 bridgehead atoms. The van der Waals surface area contributed by atoms with Crippen molar-refractivity contribution in [1.29, 1.82) is 0 Å². The molecule has 0 spiro atoms. The Kier molecular flexibility index (Phi) is 5.31. The maximum Gasteiger partial charge on any atom is 0.167 e. The van der Waals surface area contributed by atoms with E-state index < -0.39 is 29.1 Å². The molecule has 0 saturated carbocycles. The number of aryl methyl sites for hydroxylation is 2. The van der Waals surface area contributed by atoms with Crippen molar-refractivity contribution in [2.45, 2.75) is 26.7 Å². The van der Waals surface area contributed by atoms with Gasteiger partial charge in [0.05, 0.1) is 0 Å². The minimum Gasteiger partial charge on any atom is -0.207 e. The second-order valence-corrected chi connectivity index (χ2v) is 6.43. The van der Waals surface area contributed by atoms with Crippen LogP contribution in [0.3, 0.4) is 0 Å². The molecule has 0 aliphatic rings. The van der Waals surface area contributed by atoms with E-state index in [1.807, 2.05) is 6.92 Å². The predicted molar refractivity (Wildman–Crippen MR) is 95.8 cm³/mol. The van der Waals surface area contributed by atoms with Gasteiger partial charge >= 0.3 is 0 Å². The van der Waals surface area contributed by atoms with E-state index in [4.69, 9.17) is 0 Å². The van der Waals surface area contributed by atoms with Gasteiger partial charge in [0.15, 0.2) is 11.6 Å². The van der Waals surface area contributed by atoms with Gasteiger partial charge in [-0.25, -0.2) is 22.0 Å². The van der Waals surface area contributed by atoms with Crippen LogP contribution in [0, 0.1) is 36.0 Å². The summed E-state index contributed by atoms with van der Waals surface area (Å²) >= 11 is 0. The van der Waals surface area contributed by atoms with E-state index in [-0.39, 0.29) is 27.8 Å². The van der Waals surface area contributed by atoms with Crippen molar-refractivity contribution in [2.24, 2.45) is 0 Å². The lowest BCUT2D eigenvalue weighted by Gasteiger charge is -2.12. The highest BCUT2D eigenvalue weighted by molar-refractivity contribution is 5.72. The zero-order valence-electron chi connectivity index (χ0n) is 14.8. The number of halogens is 5. The Labute approximate surface area is 154 Å². The molecule has 5 heteroatoms. The highest BCUT2D eigenvalue weighted by Gasteiger charge is 2.20. The molecule has 3 aromatic carbocycles. The zero-order valence-corrected chi connectivity index (χ0v) is 14.8. The summed E-state index contributed by atoms with van der Waals surface area (Å²) in [7, 11) is 0. The van der Waals surface area contributed by atoms with Crippen LogP contribution in [0.15, 0.2) is 42.5 Å². The molecular weight excluding hydrogens is 359 g/mol. The molecule has 0 aliphatic heterocycles. The first-order valence-electron chi connectivity index (χ1n) is 8.56. The molecule has 0 atom stereocenters. The molecule has 0 N–H and O–H groups in total. The van der Waals surface area contributed by atoms with Crippen molar-refractivity contribution in [2.75, 3.05) is 0 Å². The Bertz CT molecular complexity index is 1010. The van der Waals surface area contributed by atoms with Gasteiger partial charge in [0, 0.05) is 16.7 Å². The normalized spacial score (nSPS) is 11.1. The van der Waals surface area contributed by atoms with Gasteiger partial charge in [-0.15, -0.1) is 0 Å². The van der Waals surface area contributed by atoms with Gasteiger partial charge in [0.25, 0.3) is 0 Å². The third-order valence-electron chi connectivity index (χ3n) is 4.51. The van der Waals surface area contributed by atoms with Crippen molar-refractivity contribution >= 4 is 0 Å². The molecular formula is C22H17F5. The summed E-state index contributed by atoms with van der Waals surface area (Å²) in [5.74, 6) is -4.59. The maximum absolute atomic E-state index is 14.6. The minimum atomic E-state index is -1.31. The number of hydrogen-bond acceptors (Lipinski definition) is 0. The molecule has 0 aromatic heterocycles. The summed E-state index contributed by atoms with van der Waals surface area (Å²) < 4.78 is 71.4. The highest BCUT2D eigenvalue weighted by Crippen LogP contribution is 2.34. The molecule has 0 saturated heterocycles. The van der Waals surface area contributed by atoms with Crippen molar-refractivity contribution in [3.63, 3.8) is 0 Å². The van der Waals surface area contributed by atoms with Crippen LogP contribution in [0.4, 0.5) is 22.0 Å². The van der Waals surface area contributed by atoms with Crippen LogP contribution in [0.1, 0.15) is 24.5 Å². The molecule has 0 aliphatic carbocycles. The van der Waals surface area contributed by atoms with Gasteiger partial charge in [0.2, 0.25) is 0 Å². The van der Waals surface area contributed by atoms with Crippen molar-refractivity contribution in [3.8, 4) is 22.3 Å². The summed E-state index contributed by atoms with van der Waals surface area (Å²) in [5.41, 5.74) is -0.175. The second kappa shape index (κ2) is 7.51. The van der Waals surface area contributed by atoms with Gasteiger partial charge in [-0.05, 0) is 48.2 Å². The van der Waals surface area contributed by atoms with E-state index >= 15 is 0 Å². The summed E-state index contributed by atoms with van der Waals surface area (Å²) in [4.78, 5) is 0. The largest absolute Gasteiger partial charge is 0.207 e. The van der Waals surface area contributed by atoms with E-state index in [1.54, 1.807) is 6.92 Å². The van der Waals surface area contributed by atoms with E-state index in [9.17, 15) is 22.0 Å². The van der Waals surface area contributed by atoms with Crippen LogP contribution in [0.2, 0.25) is 0 Å². The molecule has 0 amide bonds. The zero-order chi connectivity index (χ0) is 19.7. The van der Waals surface area contributed by atoms with Crippen molar-refractivity contribution in [1.82, 2.24) is 0 Å². The van der Waals surface area contributed by atoms with E-state index in [0.717, 1.165) is 18.2 Å². The van der Waals surface area contributed by atoms with E-state index in [0.29, 0.717) is 18.4 Å². The second-order valence-electron chi connectivity index (χ2n) is 6.43. The molecule has 0 nitrogen and oxygen atoms in total. The van der Waals surface area contributed by atoms with Crippen LogP contribution in [0.5, 0.6) is 0 Å². The Morgan fingerprint density at radius 1 is 0.667 bits per heavy atom. The first-order valence-corrected chi connectivity index (χ1v) is 8.56. The average Bonchev–Trinajstić information content (AvgIpc) is 2.63. The highest BCUT2D eigenvalue weighted by atomic mass is 19.2. The SMILES string of the molecule is CCCc1cc(F)c(-c2ccc(-c3ccc(C)c(F)c3)c(F)c2F)cc1F. The quantitative estimate of drug-likeness (QED) is 0.431. The first-order chi connectivity index (χ1) is 12.8. The van der Waals surface area contributed by atoms with Crippen molar-refractivity contribution < 1.29 is 22.0 Å².